The summed E-state index contributed by atoms with van der Waals surface area (Å²) in [6.07, 6.45) is 2.04. The number of amides is 1. The quantitative estimate of drug-likeness (QED) is 0.794. The second kappa shape index (κ2) is 7.79. The number of nitrogens with one attached hydrogen (secondary N) is 1. The summed E-state index contributed by atoms with van der Waals surface area (Å²) in [7, 11) is 0. The lowest BCUT2D eigenvalue weighted by Crippen LogP contribution is -2.35. The summed E-state index contributed by atoms with van der Waals surface area (Å²) in [6, 6.07) is 7.70. The number of hydrogen-bond acceptors (Lipinski definition) is 3. The minimum atomic E-state index is -0.0859. The SMILES string of the molecule is CCCC(C)NC(=O)COc1ccc([C@H](C)N)cc1. The van der Waals surface area contributed by atoms with Gasteiger partial charge in [-0.2, -0.15) is 0 Å². The molecule has 1 aromatic carbocycles. The van der Waals surface area contributed by atoms with E-state index in [4.69, 9.17) is 10.5 Å². The summed E-state index contributed by atoms with van der Waals surface area (Å²) in [6.45, 7) is 6.07. The van der Waals surface area contributed by atoms with Gasteiger partial charge in [-0.25, -0.2) is 0 Å². The number of hydrogen-bond donors (Lipinski definition) is 2. The minimum absolute atomic E-state index is 0.00671. The minimum Gasteiger partial charge on any atom is -0.484 e. The first-order valence-electron chi connectivity index (χ1n) is 6.80. The maximum Gasteiger partial charge on any atom is 0.258 e. The van der Waals surface area contributed by atoms with Crippen LogP contribution in [0, 0.1) is 0 Å². The average molecular weight is 264 g/mol. The highest BCUT2D eigenvalue weighted by atomic mass is 16.5. The molecule has 0 aliphatic heterocycles. The summed E-state index contributed by atoms with van der Waals surface area (Å²) >= 11 is 0. The molecule has 1 unspecified atom stereocenters. The molecule has 3 N–H and O–H groups in total. The van der Waals surface area contributed by atoms with Gasteiger partial charge in [0.2, 0.25) is 0 Å². The van der Waals surface area contributed by atoms with Gasteiger partial charge in [-0.05, 0) is 38.0 Å². The Morgan fingerprint density at radius 1 is 1.32 bits per heavy atom. The first-order valence-corrected chi connectivity index (χ1v) is 6.80. The highest BCUT2D eigenvalue weighted by Gasteiger charge is 2.07. The van der Waals surface area contributed by atoms with Crippen molar-refractivity contribution in [2.24, 2.45) is 5.73 Å². The molecule has 0 heterocycles. The van der Waals surface area contributed by atoms with Gasteiger partial charge in [0.15, 0.2) is 6.61 Å². The van der Waals surface area contributed by atoms with Crippen LogP contribution in [0.15, 0.2) is 24.3 Å². The molecule has 1 rings (SSSR count). The number of ether oxygens (including phenoxy) is 1. The zero-order valence-electron chi connectivity index (χ0n) is 12.0. The zero-order chi connectivity index (χ0) is 14.3. The fourth-order valence-electron chi connectivity index (χ4n) is 1.84. The Morgan fingerprint density at radius 3 is 2.47 bits per heavy atom. The van der Waals surface area contributed by atoms with Crippen LogP contribution in [0.5, 0.6) is 5.75 Å². The van der Waals surface area contributed by atoms with Crippen LogP contribution in [0.25, 0.3) is 0 Å². The van der Waals surface area contributed by atoms with E-state index in [1.165, 1.54) is 0 Å². The average Bonchev–Trinajstić information content (AvgIpc) is 2.37. The molecule has 19 heavy (non-hydrogen) atoms. The van der Waals surface area contributed by atoms with E-state index < -0.39 is 0 Å². The molecule has 0 radical (unpaired) electrons. The first-order chi connectivity index (χ1) is 9.02. The molecule has 0 aliphatic rings. The molecule has 2 atom stereocenters. The molecule has 0 fully saturated rings. The van der Waals surface area contributed by atoms with Crippen molar-refractivity contribution in [2.75, 3.05) is 6.61 Å². The Labute approximate surface area is 115 Å². The number of carbonyl (C=O) groups is 1. The van der Waals surface area contributed by atoms with Crippen molar-refractivity contribution in [2.45, 2.75) is 45.7 Å². The second-order valence-electron chi connectivity index (χ2n) is 4.90. The largest absolute Gasteiger partial charge is 0.484 e. The number of rotatable bonds is 7. The Morgan fingerprint density at radius 2 is 1.95 bits per heavy atom. The van der Waals surface area contributed by atoms with Crippen LogP contribution < -0.4 is 15.8 Å². The van der Waals surface area contributed by atoms with Gasteiger partial charge in [0.1, 0.15) is 5.75 Å². The van der Waals surface area contributed by atoms with Gasteiger partial charge in [-0.15, -0.1) is 0 Å². The van der Waals surface area contributed by atoms with Gasteiger partial charge in [0, 0.05) is 12.1 Å². The van der Waals surface area contributed by atoms with Crippen molar-refractivity contribution in [1.82, 2.24) is 5.32 Å². The number of carbonyl (C=O) groups excluding carboxylic acids is 1. The van der Waals surface area contributed by atoms with Crippen LogP contribution in [0.4, 0.5) is 0 Å². The molecular formula is C15H24N2O2. The van der Waals surface area contributed by atoms with E-state index in [0.29, 0.717) is 5.75 Å². The Kier molecular flexibility index (Phi) is 6.36. The Bertz CT molecular complexity index is 388. The summed E-state index contributed by atoms with van der Waals surface area (Å²) in [5.74, 6) is 0.597. The molecule has 4 heteroatoms. The second-order valence-corrected chi connectivity index (χ2v) is 4.90. The standard InChI is InChI=1S/C15H24N2O2/c1-4-5-11(2)17-15(18)10-19-14-8-6-13(7-9-14)12(3)16/h6-9,11-12H,4-5,10,16H2,1-3H3,(H,17,18)/t11?,12-/m0/s1. The highest BCUT2D eigenvalue weighted by molar-refractivity contribution is 5.77. The van der Waals surface area contributed by atoms with E-state index in [9.17, 15) is 4.79 Å². The fraction of sp³-hybridized carbons (Fsp3) is 0.533. The van der Waals surface area contributed by atoms with Crippen LogP contribution in [-0.2, 0) is 4.79 Å². The van der Waals surface area contributed by atoms with Gasteiger partial charge in [0.25, 0.3) is 5.91 Å². The predicted octanol–water partition coefficient (Wildman–Crippen LogP) is 2.39. The van der Waals surface area contributed by atoms with Crippen LogP contribution in [0.2, 0.25) is 0 Å². The van der Waals surface area contributed by atoms with Crippen LogP contribution >= 0.6 is 0 Å². The number of benzene rings is 1. The smallest absolute Gasteiger partial charge is 0.258 e. The maximum absolute atomic E-state index is 11.6. The molecule has 0 spiro atoms. The van der Waals surface area contributed by atoms with Gasteiger partial charge in [0.05, 0.1) is 0 Å². The number of nitrogens with two attached hydrogens (primary N) is 1. The molecule has 0 bridgehead atoms. The van der Waals surface area contributed by atoms with E-state index in [1.54, 1.807) is 0 Å². The van der Waals surface area contributed by atoms with Crippen molar-refractivity contribution in [1.29, 1.82) is 0 Å². The summed E-state index contributed by atoms with van der Waals surface area (Å²) in [4.78, 5) is 11.6. The third-order valence-electron chi connectivity index (χ3n) is 2.90. The van der Waals surface area contributed by atoms with Crippen molar-refractivity contribution in [3.8, 4) is 5.75 Å². The normalized spacial score (nSPS) is 13.7. The third-order valence-corrected chi connectivity index (χ3v) is 2.90. The molecule has 106 valence electrons. The third kappa shape index (κ3) is 5.75. The Hall–Kier alpha value is -1.55. The summed E-state index contributed by atoms with van der Waals surface area (Å²) in [5, 5.41) is 2.90. The Balaban J connectivity index is 2.37. The zero-order valence-corrected chi connectivity index (χ0v) is 12.0. The lowest BCUT2D eigenvalue weighted by molar-refractivity contribution is -0.123. The lowest BCUT2D eigenvalue weighted by Gasteiger charge is -2.13. The summed E-state index contributed by atoms with van der Waals surface area (Å²) < 4.78 is 5.43. The fourth-order valence-corrected chi connectivity index (χ4v) is 1.84. The molecule has 1 aromatic rings. The highest BCUT2D eigenvalue weighted by Crippen LogP contribution is 2.15. The van der Waals surface area contributed by atoms with Crippen molar-refractivity contribution < 1.29 is 9.53 Å². The van der Waals surface area contributed by atoms with E-state index >= 15 is 0 Å². The lowest BCUT2D eigenvalue weighted by atomic mass is 10.1. The van der Waals surface area contributed by atoms with Crippen LogP contribution in [0.1, 0.15) is 45.2 Å². The molecule has 0 saturated heterocycles. The molecule has 0 saturated carbocycles. The van der Waals surface area contributed by atoms with Gasteiger partial charge in [-0.3, -0.25) is 4.79 Å². The van der Waals surface area contributed by atoms with Gasteiger partial charge < -0.3 is 15.8 Å². The van der Waals surface area contributed by atoms with Crippen LogP contribution in [0.3, 0.4) is 0 Å². The monoisotopic (exact) mass is 264 g/mol. The van der Waals surface area contributed by atoms with E-state index in [1.807, 2.05) is 38.1 Å². The topological polar surface area (TPSA) is 64.3 Å². The first kappa shape index (κ1) is 15.5. The van der Waals surface area contributed by atoms with Crippen molar-refractivity contribution >= 4 is 5.91 Å². The molecule has 0 aliphatic carbocycles. The van der Waals surface area contributed by atoms with Crippen LogP contribution in [-0.4, -0.2) is 18.6 Å². The predicted molar refractivity (Wildman–Crippen MR) is 77.1 cm³/mol. The van der Waals surface area contributed by atoms with E-state index in [2.05, 4.69) is 12.2 Å². The molecule has 1 amide bonds. The maximum atomic E-state index is 11.6. The van der Waals surface area contributed by atoms with Crippen molar-refractivity contribution in [3.05, 3.63) is 29.8 Å². The molecule has 4 nitrogen and oxygen atoms in total. The van der Waals surface area contributed by atoms with E-state index in [-0.39, 0.29) is 24.6 Å². The van der Waals surface area contributed by atoms with Crippen molar-refractivity contribution in [3.63, 3.8) is 0 Å². The van der Waals surface area contributed by atoms with E-state index in [0.717, 1.165) is 18.4 Å². The molecular weight excluding hydrogens is 240 g/mol. The molecule has 0 aromatic heterocycles. The summed E-state index contributed by atoms with van der Waals surface area (Å²) in [5.41, 5.74) is 6.81. The van der Waals surface area contributed by atoms with Gasteiger partial charge in [-0.1, -0.05) is 25.5 Å². The van der Waals surface area contributed by atoms with Gasteiger partial charge >= 0.3 is 0 Å².